The molecule has 3 nitrogen and oxygen atoms in total. The van der Waals surface area contributed by atoms with E-state index in [1.54, 1.807) is 6.07 Å². The Labute approximate surface area is 108 Å². The number of ether oxygens (including phenoxy) is 1. The maximum Gasteiger partial charge on any atom is 0.126 e. The Kier molecular flexibility index (Phi) is 5.11. The van der Waals surface area contributed by atoms with Crippen molar-refractivity contribution in [1.29, 1.82) is 0 Å². The molecule has 0 spiro atoms. The van der Waals surface area contributed by atoms with Gasteiger partial charge in [0.15, 0.2) is 0 Å². The van der Waals surface area contributed by atoms with Gasteiger partial charge in [-0.25, -0.2) is 4.39 Å². The Morgan fingerprint density at radius 1 is 1.39 bits per heavy atom. The smallest absolute Gasteiger partial charge is 0.126 e. The van der Waals surface area contributed by atoms with E-state index in [2.05, 4.69) is 4.90 Å². The molecule has 0 bridgehead atoms. The highest BCUT2D eigenvalue weighted by molar-refractivity contribution is 5.33. The lowest BCUT2D eigenvalue weighted by molar-refractivity contribution is 0.112. The fourth-order valence-electron chi connectivity index (χ4n) is 1.98. The van der Waals surface area contributed by atoms with Gasteiger partial charge in [0.25, 0.3) is 0 Å². The van der Waals surface area contributed by atoms with Crippen molar-refractivity contribution in [3.8, 4) is 5.75 Å². The third-order valence-corrected chi connectivity index (χ3v) is 2.82. The molecule has 1 N–H and O–H groups in total. The summed E-state index contributed by atoms with van der Waals surface area (Å²) in [5.74, 6) is 0.262. The SMILES string of the molecule is COc1cc(F)ccc1CN(C)CC(C)(C)CO. The Hall–Kier alpha value is -1.13. The summed E-state index contributed by atoms with van der Waals surface area (Å²) < 4.78 is 18.2. The minimum atomic E-state index is -0.297. The van der Waals surface area contributed by atoms with Gasteiger partial charge in [0.1, 0.15) is 11.6 Å². The molecule has 0 amide bonds. The first-order valence-electron chi connectivity index (χ1n) is 6.00. The molecule has 0 heterocycles. The number of hydrogen-bond donors (Lipinski definition) is 1. The summed E-state index contributed by atoms with van der Waals surface area (Å²) >= 11 is 0. The Bertz CT molecular complexity index is 393. The van der Waals surface area contributed by atoms with Gasteiger partial charge in [-0.2, -0.15) is 0 Å². The summed E-state index contributed by atoms with van der Waals surface area (Å²) in [6, 6.07) is 4.56. The molecule has 0 aliphatic carbocycles. The third kappa shape index (κ3) is 4.27. The van der Waals surface area contributed by atoms with E-state index in [1.807, 2.05) is 20.9 Å². The summed E-state index contributed by atoms with van der Waals surface area (Å²) in [7, 11) is 3.51. The summed E-state index contributed by atoms with van der Waals surface area (Å²) in [4.78, 5) is 2.09. The molecule has 1 aromatic rings. The third-order valence-electron chi connectivity index (χ3n) is 2.82. The van der Waals surface area contributed by atoms with Crippen LogP contribution in [0.15, 0.2) is 18.2 Å². The van der Waals surface area contributed by atoms with Crippen molar-refractivity contribution in [3.63, 3.8) is 0 Å². The molecule has 0 fully saturated rings. The maximum absolute atomic E-state index is 13.1. The quantitative estimate of drug-likeness (QED) is 0.846. The average Bonchev–Trinajstić information content (AvgIpc) is 2.30. The van der Waals surface area contributed by atoms with E-state index in [0.29, 0.717) is 12.3 Å². The number of halogens is 1. The number of aliphatic hydroxyl groups is 1. The summed E-state index contributed by atoms with van der Waals surface area (Å²) in [5, 5.41) is 9.25. The van der Waals surface area contributed by atoms with Crippen LogP contribution in [0, 0.1) is 11.2 Å². The highest BCUT2D eigenvalue weighted by Crippen LogP contribution is 2.22. The van der Waals surface area contributed by atoms with Gasteiger partial charge >= 0.3 is 0 Å². The molecule has 1 rings (SSSR count). The first-order chi connectivity index (χ1) is 8.38. The van der Waals surface area contributed by atoms with Crippen LogP contribution in [-0.4, -0.2) is 37.3 Å². The summed E-state index contributed by atoms with van der Waals surface area (Å²) in [5.41, 5.74) is 0.789. The number of hydrogen-bond acceptors (Lipinski definition) is 3. The number of nitrogens with zero attached hydrogens (tertiary/aromatic N) is 1. The minimum Gasteiger partial charge on any atom is -0.496 e. The average molecular weight is 255 g/mol. The van der Waals surface area contributed by atoms with Crippen LogP contribution in [0.4, 0.5) is 4.39 Å². The normalized spacial score (nSPS) is 11.9. The predicted octanol–water partition coefficient (Wildman–Crippen LogP) is 2.28. The Morgan fingerprint density at radius 3 is 2.61 bits per heavy atom. The van der Waals surface area contributed by atoms with E-state index in [1.165, 1.54) is 19.2 Å². The first-order valence-corrected chi connectivity index (χ1v) is 6.00. The molecular formula is C14H22FNO2. The van der Waals surface area contributed by atoms with Crippen LogP contribution >= 0.6 is 0 Å². The first kappa shape index (κ1) is 14.9. The van der Waals surface area contributed by atoms with Crippen molar-refractivity contribution in [1.82, 2.24) is 4.90 Å². The maximum atomic E-state index is 13.1. The largest absolute Gasteiger partial charge is 0.496 e. The van der Waals surface area contributed by atoms with Crippen molar-refractivity contribution < 1.29 is 14.2 Å². The second-order valence-corrected chi connectivity index (χ2v) is 5.45. The standard InChI is InChI=1S/C14H22FNO2/c1-14(2,10-17)9-16(3)8-11-5-6-12(15)7-13(11)18-4/h5-7,17H,8-10H2,1-4H3. The van der Waals surface area contributed by atoms with Crippen LogP contribution in [0.2, 0.25) is 0 Å². The monoisotopic (exact) mass is 255 g/mol. The highest BCUT2D eigenvalue weighted by atomic mass is 19.1. The van der Waals surface area contributed by atoms with Crippen LogP contribution < -0.4 is 4.74 Å². The summed E-state index contributed by atoms with van der Waals surface area (Å²) in [6.07, 6.45) is 0. The number of aliphatic hydroxyl groups excluding tert-OH is 1. The zero-order valence-corrected chi connectivity index (χ0v) is 11.5. The Morgan fingerprint density at radius 2 is 2.06 bits per heavy atom. The fraction of sp³-hybridized carbons (Fsp3) is 0.571. The molecule has 0 atom stereocenters. The number of benzene rings is 1. The molecule has 0 aliphatic heterocycles. The van der Waals surface area contributed by atoms with Gasteiger partial charge in [-0.15, -0.1) is 0 Å². The number of rotatable bonds is 6. The molecule has 18 heavy (non-hydrogen) atoms. The van der Waals surface area contributed by atoms with Crippen molar-refractivity contribution >= 4 is 0 Å². The predicted molar refractivity (Wildman–Crippen MR) is 70.2 cm³/mol. The molecule has 102 valence electrons. The van der Waals surface area contributed by atoms with Crippen LogP contribution in [0.25, 0.3) is 0 Å². The second kappa shape index (κ2) is 6.16. The van der Waals surface area contributed by atoms with E-state index in [4.69, 9.17) is 4.74 Å². The highest BCUT2D eigenvalue weighted by Gasteiger charge is 2.19. The van der Waals surface area contributed by atoms with Gasteiger partial charge in [0.05, 0.1) is 7.11 Å². The lowest BCUT2D eigenvalue weighted by Crippen LogP contribution is -2.33. The molecule has 0 aromatic heterocycles. The van der Waals surface area contributed by atoms with Crippen molar-refractivity contribution in [2.45, 2.75) is 20.4 Å². The number of methoxy groups -OCH3 is 1. The Balaban J connectivity index is 2.72. The van der Waals surface area contributed by atoms with E-state index >= 15 is 0 Å². The minimum absolute atomic E-state index is 0.137. The lowest BCUT2D eigenvalue weighted by Gasteiger charge is -2.28. The molecule has 0 saturated heterocycles. The molecule has 0 saturated carbocycles. The van der Waals surface area contributed by atoms with Crippen LogP contribution in [-0.2, 0) is 6.54 Å². The molecule has 0 unspecified atom stereocenters. The van der Waals surface area contributed by atoms with E-state index < -0.39 is 0 Å². The van der Waals surface area contributed by atoms with Gasteiger partial charge in [-0.3, -0.25) is 0 Å². The van der Waals surface area contributed by atoms with Gasteiger partial charge in [-0.05, 0) is 13.1 Å². The van der Waals surface area contributed by atoms with Gasteiger partial charge in [0.2, 0.25) is 0 Å². The topological polar surface area (TPSA) is 32.7 Å². The molecule has 4 heteroatoms. The van der Waals surface area contributed by atoms with Crippen molar-refractivity contribution in [2.75, 3.05) is 27.3 Å². The van der Waals surface area contributed by atoms with Gasteiger partial charge in [-0.1, -0.05) is 19.9 Å². The molecule has 1 aromatic carbocycles. The van der Waals surface area contributed by atoms with E-state index in [-0.39, 0.29) is 17.8 Å². The van der Waals surface area contributed by atoms with E-state index in [0.717, 1.165) is 12.1 Å². The van der Waals surface area contributed by atoms with Crippen LogP contribution in [0.1, 0.15) is 19.4 Å². The summed E-state index contributed by atoms with van der Waals surface area (Å²) in [6.45, 7) is 5.56. The molecular weight excluding hydrogens is 233 g/mol. The van der Waals surface area contributed by atoms with E-state index in [9.17, 15) is 9.50 Å². The second-order valence-electron chi connectivity index (χ2n) is 5.45. The zero-order valence-electron chi connectivity index (χ0n) is 11.5. The molecule has 0 radical (unpaired) electrons. The molecule has 0 aliphatic rings. The lowest BCUT2D eigenvalue weighted by atomic mass is 9.94. The van der Waals surface area contributed by atoms with Crippen molar-refractivity contribution in [3.05, 3.63) is 29.6 Å². The van der Waals surface area contributed by atoms with Gasteiger partial charge < -0.3 is 14.7 Å². The zero-order chi connectivity index (χ0) is 13.8. The fourth-order valence-corrected chi connectivity index (χ4v) is 1.98. The van der Waals surface area contributed by atoms with Gasteiger partial charge in [0, 0.05) is 36.7 Å². The van der Waals surface area contributed by atoms with Crippen LogP contribution in [0.5, 0.6) is 5.75 Å². The van der Waals surface area contributed by atoms with Crippen molar-refractivity contribution in [2.24, 2.45) is 5.41 Å². The van der Waals surface area contributed by atoms with Crippen LogP contribution in [0.3, 0.4) is 0 Å².